The van der Waals surface area contributed by atoms with Crippen molar-refractivity contribution in [3.8, 4) is 0 Å². The Balaban J connectivity index is 2.06. The molecule has 3 aromatic rings. The van der Waals surface area contributed by atoms with Crippen molar-refractivity contribution < 1.29 is 4.79 Å². The quantitative estimate of drug-likeness (QED) is 0.696. The number of hydrogen-bond acceptors (Lipinski definition) is 1. The Kier molecular flexibility index (Phi) is 5.14. The number of halogens is 1. The first-order chi connectivity index (χ1) is 12.0. The molecule has 2 aromatic carbocycles. The number of fused-ring (bicyclic) bond motifs is 1. The molecule has 0 radical (unpaired) electrons. The Morgan fingerprint density at radius 3 is 2.48 bits per heavy atom. The zero-order valence-corrected chi connectivity index (χ0v) is 15.5. The molecule has 3 nitrogen and oxygen atoms in total. The molecule has 1 atom stereocenters. The first-order valence-corrected chi connectivity index (χ1v) is 8.92. The van der Waals surface area contributed by atoms with Gasteiger partial charge in [-0.1, -0.05) is 41.9 Å². The Bertz CT molecular complexity index is 881. The van der Waals surface area contributed by atoms with E-state index >= 15 is 0 Å². The lowest BCUT2D eigenvalue weighted by atomic mass is 9.88. The highest BCUT2D eigenvalue weighted by Crippen LogP contribution is 2.34. The van der Waals surface area contributed by atoms with Crippen LogP contribution < -0.4 is 5.32 Å². The highest BCUT2D eigenvalue weighted by atomic mass is 35.5. The van der Waals surface area contributed by atoms with Crippen LogP contribution in [-0.2, 0) is 11.8 Å². The normalized spacial score (nSPS) is 12.5. The van der Waals surface area contributed by atoms with E-state index in [0.29, 0.717) is 11.4 Å². The fourth-order valence-corrected chi connectivity index (χ4v) is 3.45. The van der Waals surface area contributed by atoms with Crippen LogP contribution in [-0.4, -0.2) is 16.5 Å². The summed E-state index contributed by atoms with van der Waals surface area (Å²) in [4.78, 5) is 12.5. The van der Waals surface area contributed by atoms with E-state index in [1.165, 1.54) is 16.5 Å². The molecule has 1 unspecified atom stereocenters. The van der Waals surface area contributed by atoms with Crippen LogP contribution in [0.15, 0.2) is 54.7 Å². The summed E-state index contributed by atoms with van der Waals surface area (Å²) in [6, 6.07) is 16.2. The number of rotatable bonds is 5. The second kappa shape index (κ2) is 7.32. The van der Waals surface area contributed by atoms with E-state index in [-0.39, 0.29) is 17.9 Å². The molecule has 0 bridgehead atoms. The van der Waals surface area contributed by atoms with Gasteiger partial charge < -0.3 is 9.88 Å². The molecular formula is C21H23ClN2O. The maximum Gasteiger partial charge on any atom is 0.221 e. The van der Waals surface area contributed by atoms with E-state index in [0.717, 1.165) is 5.56 Å². The lowest BCUT2D eigenvalue weighted by molar-refractivity contribution is -0.121. The van der Waals surface area contributed by atoms with Gasteiger partial charge in [0.1, 0.15) is 0 Å². The van der Waals surface area contributed by atoms with Gasteiger partial charge in [-0.15, -0.1) is 0 Å². The van der Waals surface area contributed by atoms with Crippen molar-refractivity contribution >= 4 is 28.4 Å². The third-order valence-electron chi connectivity index (χ3n) is 4.41. The lowest BCUT2D eigenvalue weighted by Gasteiger charge is -2.18. The van der Waals surface area contributed by atoms with Crippen LogP contribution in [0.4, 0.5) is 0 Å². The maximum absolute atomic E-state index is 12.5. The van der Waals surface area contributed by atoms with Crippen molar-refractivity contribution in [2.24, 2.45) is 7.05 Å². The van der Waals surface area contributed by atoms with E-state index in [1.54, 1.807) is 0 Å². The molecule has 0 fully saturated rings. The molecular weight excluding hydrogens is 332 g/mol. The van der Waals surface area contributed by atoms with E-state index in [2.05, 4.69) is 28.2 Å². The first kappa shape index (κ1) is 17.6. The number of aromatic nitrogens is 1. The van der Waals surface area contributed by atoms with Gasteiger partial charge in [-0.05, 0) is 43.2 Å². The number of amides is 1. The van der Waals surface area contributed by atoms with Gasteiger partial charge in [0, 0.05) is 47.6 Å². The standard InChI is InChI=1S/C21H23ClN2O/c1-14(2)23-21(25)12-18(15-8-10-16(22)11-9-15)19-13-24(3)20-7-5-4-6-17(19)20/h4-11,13-14,18H,12H2,1-3H3,(H,23,25). The van der Waals surface area contributed by atoms with Gasteiger partial charge in [0.15, 0.2) is 0 Å². The zero-order valence-electron chi connectivity index (χ0n) is 14.8. The van der Waals surface area contributed by atoms with Crippen molar-refractivity contribution in [3.63, 3.8) is 0 Å². The number of nitrogens with one attached hydrogen (secondary N) is 1. The molecule has 3 rings (SSSR count). The van der Waals surface area contributed by atoms with E-state index < -0.39 is 0 Å². The van der Waals surface area contributed by atoms with Crippen molar-refractivity contribution in [1.82, 2.24) is 9.88 Å². The molecule has 4 heteroatoms. The van der Waals surface area contributed by atoms with Gasteiger partial charge in [0.05, 0.1) is 0 Å². The summed E-state index contributed by atoms with van der Waals surface area (Å²) in [6.07, 6.45) is 2.54. The number of carbonyl (C=O) groups excluding carboxylic acids is 1. The van der Waals surface area contributed by atoms with Crippen LogP contribution >= 0.6 is 11.6 Å². The fourth-order valence-electron chi connectivity index (χ4n) is 3.32. The van der Waals surface area contributed by atoms with Crippen molar-refractivity contribution in [1.29, 1.82) is 0 Å². The van der Waals surface area contributed by atoms with Gasteiger partial charge in [0.25, 0.3) is 0 Å². The number of hydrogen-bond donors (Lipinski definition) is 1. The Hall–Kier alpha value is -2.26. The lowest BCUT2D eigenvalue weighted by Crippen LogP contribution is -2.31. The number of nitrogens with zero attached hydrogens (tertiary/aromatic N) is 1. The summed E-state index contributed by atoms with van der Waals surface area (Å²) < 4.78 is 2.12. The molecule has 1 amide bonds. The van der Waals surface area contributed by atoms with Crippen molar-refractivity contribution in [2.45, 2.75) is 32.2 Å². The van der Waals surface area contributed by atoms with Crippen LogP contribution in [0.5, 0.6) is 0 Å². The average Bonchev–Trinajstić information content (AvgIpc) is 2.90. The Morgan fingerprint density at radius 1 is 1.12 bits per heavy atom. The number of para-hydroxylation sites is 1. The summed E-state index contributed by atoms with van der Waals surface area (Å²) in [5, 5.41) is 4.89. The summed E-state index contributed by atoms with van der Waals surface area (Å²) in [6.45, 7) is 3.96. The van der Waals surface area contributed by atoms with Crippen LogP contribution in [0.3, 0.4) is 0 Å². The minimum absolute atomic E-state index is 0.0119. The summed E-state index contributed by atoms with van der Waals surface area (Å²) in [5.41, 5.74) is 3.43. The molecule has 0 aliphatic carbocycles. The van der Waals surface area contributed by atoms with Crippen molar-refractivity contribution in [2.75, 3.05) is 0 Å². The molecule has 0 saturated carbocycles. The van der Waals surface area contributed by atoms with Gasteiger partial charge >= 0.3 is 0 Å². The Labute approximate surface area is 153 Å². The molecule has 25 heavy (non-hydrogen) atoms. The second-order valence-corrected chi connectivity index (χ2v) is 7.18. The third-order valence-corrected chi connectivity index (χ3v) is 4.67. The average molecular weight is 355 g/mol. The minimum atomic E-state index is -0.0119. The molecule has 0 aliphatic heterocycles. The fraction of sp³-hybridized carbons (Fsp3) is 0.286. The van der Waals surface area contributed by atoms with E-state index in [1.807, 2.05) is 57.3 Å². The number of benzene rings is 2. The molecule has 130 valence electrons. The van der Waals surface area contributed by atoms with Gasteiger partial charge in [0.2, 0.25) is 5.91 Å². The summed E-state index contributed by atoms with van der Waals surface area (Å²) in [5.74, 6) is 0.0463. The van der Waals surface area contributed by atoms with Gasteiger partial charge in [-0.25, -0.2) is 0 Å². The molecule has 1 heterocycles. The summed E-state index contributed by atoms with van der Waals surface area (Å²) in [7, 11) is 2.04. The van der Waals surface area contributed by atoms with Crippen LogP contribution in [0.2, 0.25) is 5.02 Å². The van der Waals surface area contributed by atoms with Crippen LogP contribution in [0.25, 0.3) is 10.9 Å². The van der Waals surface area contributed by atoms with E-state index in [9.17, 15) is 4.79 Å². The van der Waals surface area contributed by atoms with Crippen molar-refractivity contribution in [3.05, 3.63) is 70.9 Å². The number of aryl methyl sites for hydroxylation is 1. The third kappa shape index (κ3) is 3.88. The molecule has 1 aromatic heterocycles. The highest BCUT2D eigenvalue weighted by molar-refractivity contribution is 6.30. The predicted octanol–water partition coefficient (Wildman–Crippen LogP) is 4.88. The number of carbonyl (C=O) groups is 1. The first-order valence-electron chi connectivity index (χ1n) is 8.54. The van der Waals surface area contributed by atoms with Gasteiger partial charge in [-0.2, -0.15) is 0 Å². The van der Waals surface area contributed by atoms with Crippen LogP contribution in [0.1, 0.15) is 37.3 Å². The monoisotopic (exact) mass is 354 g/mol. The molecule has 1 N–H and O–H groups in total. The van der Waals surface area contributed by atoms with Crippen LogP contribution in [0, 0.1) is 0 Å². The smallest absolute Gasteiger partial charge is 0.221 e. The minimum Gasteiger partial charge on any atom is -0.354 e. The molecule has 0 saturated heterocycles. The topological polar surface area (TPSA) is 34.0 Å². The Morgan fingerprint density at radius 2 is 1.80 bits per heavy atom. The molecule has 0 aliphatic rings. The zero-order chi connectivity index (χ0) is 18.0. The summed E-state index contributed by atoms with van der Waals surface area (Å²) >= 11 is 6.05. The van der Waals surface area contributed by atoms with Gasteiger partial charge in [-0.3, -0.25) is 4.79 Å². The highest BCUT2D eigenvalue weighted by Gasteiger charge is 2.22. The maximum atomic E-state index is 12.5. The second-order valence-electron chi connectivity index (χ2n) is 6.74. The van der Waals surface area contributed by atoms with E-state index in [4.69, 9.17) is 11.6 Å². The molecule has 0 spiro atoms. The predicted molar refractivity (Wildman–Crippen MR) is 104 cm³/mol. The SMILES string of the molecule is CC(C)NC(=O)CC(c1ccc(Cl)cc1)c1cn(C)c2ccccc12. The largest absolute Gasteiger partial charge is 0.354 e.